The van der Waals surface area contributed by atoms with Crippen molar-refractivity contribution in [1.29, 1.82) is 63.7 Å². The van der Waals surface area contributed by atoms with E-state index >= 15 is 0 Å². The summed E-state index contributed by atoms with van der Waals surface area (Å²) in [5.41, 5.74) is -2.08. The van der Waals surface area contributed by atoms with Crippen LogP contribution in [0.2, 0.25) is 0 Å². The van der Waals surface area contributed by atoms with E-state index in [4.69, 9.17) is 73.2 Å². The smallest absolute Gasteiger partial charge is 0.381 e. The number of fused-ring (bicyclic) bond motifs is 2. The third-order valence-electron chi connectivity index (χ3n) is 6.79. The normalized spacial score (nSPS) is 14.6. The number of nitriles is 8. The zero-order valence-corrected chi connectivity index (χ0v) is 25.2. The van der Waals surface area contributed by atoms with Crippen LogP contribution >= 0.6 is 0 Å². The van der Waals surface area contributed by atoms with Gasteiger partial charge in [-0.15, -0.1) is 0 Å². The van der Waals surface area contributed by atoms with Gasteiger partial charge in [0.25, 0.3) is 0 Å². The van der Waals surface area contributed by atoms with Crippen LogP contribution in [0, 0.1) is 112 Å². The molecule has 1 radical (unpaired) electrons. The number of hydrogen-bond acceptors (Lipinski definition) is 14. The molecule has 4 N–H and O–H groups in total. The largest absolute Gasteiger partial charge is 2.00 e. The molecule has 16 nitrogen and oxygen atoms in total. The molecule has 2 aromatic heterocycles. The van der Waals surface area contributed by atoms with Crippen LogP contribution in [-0.4, -0.2) is 47.2 Å². The molecule has 4 aliphatic heterocycles. The third-order valence-corrected chi connectivity index (χ3v) is 6.79. The van der Waals surface area contributed by atoms with Crippen LogP contribution in [0.25, 0.3) is 11.1 Å². The van der Waals surface area contributed by atoms with E-state index in [-0.39, 0.29) is 95.6 Å². The van der Waals surface area contributed by atoms with Gasteiger partial charge >= 0.3 is 17.1 Å². The number of nitrogens with zero attached hydrogens (tertiary/aromatic N) is 10. The number of allylic oxidation sites excluding steroid dienone is 4. The molecular weight excluding hydrogens is 652 g/mol. The number of hydrogen-bond donors (Lipinski definition) is 4. The molecule has 0 atom stereocenters. The summed E-state index contributed by atoms with van der Waals surface area (Å²) in [5.74, 6) is -0.709. The average molecular weight is 672 g/mol. The van der Waals surface area contributed by atoms with Crippen LogP contribution < -0.4 is 11.0 Å². The molecule has 17 heteroatoms. The van der Waals surface area contributed by atoms with Gasteiger partial charge in [0, 0.05) is 60.8 Å². The zero-order chi connectivity index (χ0) is 34.0. The van der Waals surface area contributed by atoms with Gasteiger partial charge < -0.3 is 18.6 Å². The van der Waals surface area contributed by atoms with E-state index in [1.807, 2.05) is 0 Å². The summed E-state index contributed by atoms with van der Waals surface area (Å²) in [6, 6.07) is 13.8. The fourth-order valence-electron chi connectivity index (χ4n) is 4.65. The van der Waals surface area contributed by atoms with Crippen LogP contribution in [0.1, 0.15) is 59.3 Å². The van der Waals surface area contributed by atoms with E-state index < -0.39 is 0 Å². The van der Waals surface area contributed by atoms with Gasteiger partial charge in [0.15, 0.2) is 0 Å². The molecular formula is C30H20CuN14O2. The molecule has 0 aromatic carbocycles. The summed E-state index contributed by atoms with van der Waals surface area (Å²) in [7, 11) is 0. The quantitative estimate of drug-likeness (QED) is 0.232. The summed E-state index contributed by atoms with van der Waals surface area (Å²) < 4.78 is 11.8. The van der Waals surface area contributed by atoms with Gasteiger partial charge in [0.2, 0.25) is 0 Å². The first-order valence-electron chi connectivity index (χ1n) is 13.3. The van der Waals surface area contributed by atoms with E-state index in [2.05, 4.69) is 0 Å². The molecule has 2 fully saturated rings. The Morgan fingerprint density at radius 1 is 0.489 bits per heavy atom. The molecule has 2 saturated heterocycles. The van der Waals surface area contributed by atoms with E-state index in [1.165, 1.54) is 25.7 Å². The van der Waals surface area contributed by atoms with Crippen molar-refractivity contribution in [3.05, 3.63) is 55.8 Å². The Morgan fingerprint density at radius 3 is 0.979 bits per heavy atom. The van der Waals surface area contributed by atoms with Crippen molar-refractivity contribution < 1.29 is 26.5 Å². The van der Waals surface area contributed by atoms with Gasteiger partial charge in [0.1, 0.15) is 35.0 Å². The minimum atomic E-state index is -0.355. The second-order valence-electron chi connectivity index (χ2n) is 9.30. The molecule has 0 unspecified atom stereocenters. The first-order valence-corrected chi connectivity index (χ1v) is 13.3. The second-order valence-corrected chi connectivity index (χ2v) is 9.30. The average Bonchev–Trinajstić information content (AvgIpc) is 3.92. The Morgan fingerprint density at radius 2 is 0.787 bits per heavy atom. The number of aromatic nitrogens is 2. The van der Waals surface area contributed by atoms with Crippen LogP contribution in [0.3, 0.4) is 0 Å². The first kappa shape index (κ1) is 36.5. The Balaban J connectivity index is 0.000000248. The monoisotopic (exact) mass is 671 g/mol. The molecule has 0 bridgehead atoms. The molecule has 0 amide bonds. The van der Waals surface area contributed by atoms with E-state index in [9.17, 15) is 0 Å². The van der Waals surface area contributed by atoms with Crippen molar-refractivity contribution in [3.63, 3.8) is 0 Å². The predicted molar refractivity (Wildman–Crippen MR) is 153 cm³/mol. The summed E-state index contributed by atoms with van der Waals surface area (Å²) in [6.45, 7) is 4.00. The maximum absolute atomic E-state index is 9.00. The van der Waals surface area contributed by atoms with Crippen LogP contribution in [0.15, 0.2) is 11.1 Å². The first-order chi connectivity index (χ1) is 22.2. The number of nitrogens with one attached hydrogen (secondary N) is 4. The van der Waals surface area contributed by atoms with Crippen molar-refractivity contribution in [2.75, 3.05) is 26.4 Å². The van der Waals surface area contributed by atoms with Gasteiger partial charge in [-0.25, -0.2) is 10.5 Å². The SMILES string of the molecule is C1CCOC1.C1CCOC1.N#CC1=C(C#N)c2c(C#N)[c-](C#N)c(=N)n2C1=N.N#CC1=C(C#N)c2c(C#N)[c-](C#N)c(=N)n2C1=N.[Cu+2]. The van der Waals surface area contributed by atoms with Crippen LogP contribution in [0.4, 0.5) is 0 Å². The summed E-state index contributed by atoms with van der Waals surface area (Å²) in [4.78, 5) is 0. The maximum atomic E-state index is 9.00. The summed E-state index contributed by atoms with van der Waals surface area (Å²) >= 11 is 0. The van der Waals surface area contributed by atoms with Gasteiger partial charge in [-0.3, -0.25) is 32.2 Å². The van der Waals surface area contributed by atoms with Crippen molar-refractivity contribution in [2.24, 2.45) is 0 Å². The zero-order valence-electron chi connectivity index (χ0n) is 24.2. The third kappa shape index (κ3) is 6.57. The predicted octanol–water partition coefficient (Wildman–Crippen LogP) is 1.73. The van der Waals surface area contributed by atoms with Gasteiger partial charge in [-0.2, -0.15) is 21.0 Å². The number of ether oxygens (including phenoxy) is 2. The molecule has 0 aliphatic carbocycles. The number of rotatable bonds is 0. The van der Waals surface area contributed by atoms with E-state index in [0.717, 1.165) is 35.6 Å². The summed E-state index contributed by atoms with van der Waals surface area (Å²) in [5, 5.41) is 102. The van der Waals surface area contributed by atoms with Gasteiger partial charge in [-0.1, -0.05) is 23.3 Å². The Hall–Kier alpha value is -6.66. The maximum Gasteiger partial charge on any atom is 2.00 e. The van der Waals surface area contributed by atoms with E-state index in [0.29, 0.717) is 0 Å². The van der Waals surface area contributed by atoms with E-state index in [1.54, 1.807) is 48.6 Å². The Bertz CT molecular complexity index is 2000. The minimum absolute atomic E-state index is 0. The van der Waals surface area contributed by atoms with Gasteiger partial charge in [-0.05, 0) is 37.1 Å². The molecule has 0 saturated carbocycles. The minimum Gasteiger partial charge on any atom is -0.381 e. The van der Waals surface area contributed by atoms with Crippen molar-refractivity contribution in [1.82, 2.24) is 9.13 Å². The standard InChI is InChI=1S/2C11H2N7.2C4H8O.Cu/c2*12-1-5-7(3-14)10(16)18-9(5)6(2-13)8(4-15)11(18)17;2*1-2-4-5-3-1;/h2*16-17H;2*1-4H2;/q2*-1;;;+2. The molecule has 4 aliphatic rings. The molecule has 233 valence electrons. The van der Waals surface area contributed by atoms with Crippen molar-refractivity contribution in [3.8, 4) is 48.6 Å². The Labute approximate surface area is 278 Å². The fourth-order valence-corrected chi connectivity index (χ4v) is 4.65. The summed E-state index contributed by atoms with van der Waals surface area (Å²) in [6.07, 6.45) is 5.11. The van der Waals surface area contributed by atoms with Crippen LogP contribution in [0.5, 0.6) is 0 Å². The Kier molecular flexibility index (Phi) is 12.8. The van der Waals surface area contributed by atoms with Crippen LogP contribution in [-0.2, 0) is 26.5 Å². The molecule has 0 spiro atoms. The fraction of sp³-hybridized carbons (Fsp3) is 0.267. The molecule has 47 heavy (non-hydrogen) atoms. The van der Waals surface area contributed by atoms with Crippen molar-refractivity contribution >= 4 is 22.8 Å². The molecule has 6 rings (SSSR count). The topological polar surface area (TPSA) is 314 Å². The van der Waals surface area contributed by atoms with Crippen molar-refractivity contribution in [2.45, 2.75) is 25.7 Å². The second kappa shape index (κ2) is 16.4. The molecule has 2 aromatic rings. The van der Waals surface area contributed by atoms with Gasteiger partial charge in [0.05, 0.1) is 23.1 Å². The molecule has 6 heterocycles.